The average molecular weight is 634 g/mol. The monoisotopic (exact) mass is 634 g/mol. The van der Waals surface area contributed by atoms with Gasteiger partial charge in [-0.25, -0.2) is 0 Å². The van der Waals surface area contributed by atoms with Crippen LogP contribution in [0.15, 0.2) is 24.3 Å². The lowest BCUT2D eigenvalue weighted by molar-refractivity contribution is -0.123. The van der Waals surface area contributed by atoms with Crippen molar-refractivity contribution in [2.24, 2.45) is 0 Å². The standard InChI is InChI=1S/C41H79NO3/c1-3-5-7-9-11-13-15-17-19-21-23-25-27-29-31-33-35-37-41(45)42-39(38-43)40(44)36-34-32-30-28-26-24-22-20-18-16-14-12-10-8-6-4-2/h26,28,34,36,39-40,43-44H,3-25,27,29-33,35,37-38H2,1-2H3,(H,42,45)/b28-26+,36-34+. The van der Waals surface area contributed by atoms with Crippen LogP contribution in [-0.2, 0) is 4.79 Å². The van der Waals surface area contributed by atoms with Crippen molar-refractivity contribution < 1.29 is 15.0 Å². The molecule has 2 unspecified atom stereocenters. The molecule has 4 nitrogen and oxygen atoms in total. The molecule has 0 aliphatic rings. The molecular weight excluding hydrogens is 554 g/mol. The van der Waals surface area contributed by atoms with Gasteiger partial charge in [0, 0.05) is 6.42 Å². The van der Waals surface area contributed by atoms with Crippen LogP contribution >= 0.6 is 0 Å². The molecule has 0 fully saturated rings. The predicted molar refractivity (Wildman–Crippen MR) is 198 cm³/mol. The van der Waals surface area contributed by atoms with Gasteiger partial charge in [0.25, 0.3) is 0 Å². The molecule has 0 bridgehead atoms. The van der Waals surface area contributed by atoms with Gasteiger partial charge in [-0.2, -0.15) is 0 Å². The molecule has 4 heteroatoms. The maximum absolute atomic E-state index is 12.3. The number of hydrogen-bond donors (Lipinski definition) is 3. The van der Waals surface area contributed by atoms with Crippen molar-refractivity contribution in [3.8, 4) is 0 Å². The Kier molecular flexibility index (Phi) is 36.4. The minimum atomic E-state index is -0.856. The maximum atomic E-state index is 12.3. The Morgan fingerprint density at radius 2 is 0.867 bits per heavy atom. The van der Waals surface area contributed by atoms with E-state index in [2.05, 4.69) is 31.3 Å². The van der Waals surface area contributed by atoms with Crippen LogP contribution in [0.5, 0.6) is 0 Å². The smallest absolute Gasteiger partial charge is 0.220 e. The summed E-state index contributed by atoms with van der Waals surface area (Å²) < 4.78 is 0. The number of aliphatic hydroxyl groups excluding tert-OH is 2. The van der Waals surface area contributed by atoms with E-state index in [1.54, 1.807) is 6.08 Å². The Morgan fingerprint density at radius 1 is 0.511 bits per heavy atom. The Bertz CT molecular complexity index is 647. The first kappa shape index (κ1) is 43.9. The number of aliphatic hydroxyl groups is 2. The van der Waals surface area contributed by atoms with Crippen LogP contribution in [0.3, 0.4) is 0 Å². The largest absolute Gasteiger partial charge is 0.394 e. The molecule has 2 atom stereocenters. The van der Waals surface area contributed by atoms with E-state index in [0.717, 1.165) is 32.1 Å². The Hall–Kier alpha value is -1.13. The number of carbonyl (C=O) groups excluding carboxylic acids is 1. The van der Waals surface area contributed by atoms with E-state index < -0.39 is 12.1 Å². The second-order valence-electron chi connectivity index (χ2n) is 13.7. The summed E-state index contributed by atoms with van der Waals surface area (Å²) >= 11 is 0. The minimum Gasteiger partial charge on any atom is -0.394 e. The highest BCUT2D eigenvalue weighted by Crippen LogP contribution is 2.15. The van der Waals surface area contributed by atoms with Crippen LogP contribution in [0.2, 0.25) is 0 Å². The second-order valence-corrected chi connectivity index (χ2v) is 13.7. The zero-order valence-corrected chi connectivity index (χ0v) is 30.4. The van der Waals surface area contributed by atoms with Crippen LogP contribution in [0.1, 0.15) is 213 Å². The van der Waals surface area contributed by atoms with E-state index in [0.29, 0.717) is 6.42 Å². The van der Waals surface area contributed by atoms with E-state index >= 15 is 0 Å². The molecule has 0 aromatic rings. The third kappa shape index (κ3) is 34.0. The minimum absolute atomic E-state index is 0.0719. The zero-order valence-electron chi connectivity index (χ0n) is 30.4. The van der Waals surface area contributed by atoms with E-state index in [-0.39, 0.29) is 12.5 Å². The number of nitrogens with one attached hydrogen (secondary N) is 1. The lowest BCUT2D eigenvalue weighted by Gasteiger charge is -2.19. The number of unbranched alkanes of at least 4 members (excludes halogenated alkanes) is 27. The van der Waals surface area contributed by atoms with Gasteiger partial charge in [0.1, 0.15) is 0 Å². The number of rotatable bonds is 36. The summed E-state index contributed by atoms with van der Waals surface area (Å²) in [6.45, 7) is 4.30. The van der Waals surface area contributed by atoms with Gasteiger partial charge in [-0.05, 0) is 32.1 Å². The molecule has 0 aliphatic heterocycles. The molecule has 0 aliphatic carbocycles. The van der Waals surface area contributed by atoms with Gasteiger partial charge >= 0.3 is 0 Å². The Morgan fingerprint density at radius 3 is 1.29 bits per heavy atom. The number of allylic oxidation sites excluding steroid dienone is 3. The van der Waals surface area contributed by atoms with Gasteiger partial charge in [-0.15, -0.1) is 0 Å². The first-order chi connectivity index (χ1) is 22.2. The molecule has 0 heterocycles. The quantitative estimate of drug-likeness (QED) is 0.0475. The topological polar surface area (TPSA) is 69.6 Å². The molecule has 0 aromatic heterocycles. The van der Waals surface area contributed by atoms with E-state index in [9.17, 15) is 15.0 Å². The number of carbonyl (C=O) groups is 1. The van der Waals surface area contributed by atoms with Crippen molar-refractivity contribution in [2.45, 2.75) is 225 Å². The highest BCUT2D eigenvalue weighted by atomic mass is 16.3. The highest BCUT2D eigenvalue weighted by Gasteiger charge is 2.17. The summed E-state index contributed by atoms with van der Waals surface area (Å²) in [7, 11) is 0. The zero-order chi connectivity index (χ0) is 32.9. The first-order valence-corrected chi connectivity index (χ1v) is 20.1. The lowest BCUT2D eigenvalue weighted by atomic mass is 10.0. The van der Waals surface area contributed by atoms with Crippen molar-refractivity contribution in [2.75, 3.05) is 6.61 Å². The summed E-state index contributed by atoms with van der Waals surface area (Å²) in [4.78, 5) is 12.3. The van der Waals surface area contributed by atoms with Crippen molar-refractivity contribution in [1.82, 2.24) is 5.32 Å². The number of hydrogen-bond acceptors (Lipinski definition) is 3. The van der Waals surface area contributed by atoms with Gasteiger partial charge in [0.15, 0.2) is 0 Å². The molecule has 0 rings (SSSR count). The molecule has 45 heavy (non-hydrogen) atoms. The lowest BCUT2D eigenvalue weighted by Crippen LogP contribution is -2.45. The van der Waals surface area contributed by atoms with Crippen molar-refractivity contribution in [3.63, 3.8) is 0 Å². The summed E-state index contributed by atoms with van der Waals surface area (Å²) in [5.74, 6) is -0.0719. The summed E-state index contributed by atoms with van der Waals surface area (Å²) in [6, 6.07) is -0.633. The summed E-state index contributed by atoms with van der Waals surface area (Å²) in [6.07, 6.45) is 47.0. The maximum Gasteiger partial charge on any atom is 0.220 e. The van der Waals surface area contributed by atoms with Gasteiger partial charge < -0.3 is 15.5 Å². The van der Waals surface area contributed by atoms with E-state index in [1.807, 2.05) is 6.08 Å². The predicted octanol–water partition coefficient (Wildman–Crippen LogP) is 12.1. The third-order valence-electron chi connectivity index (χ3n) is 9.19. The fourth-order valence-electron chi connectivity index (χ4n) is 6.08. The average Bonchev–Trinajstić information content (AvgIpc) is 3.04. The molecule has 0 radical (unpaired) electrons. The van der Waals surface area contributed by atoms with Crippen LogP contribution in [0.25, 0.3) is 0 Å². The van der Waals surface area contributed by atoms with Gasteiger partial charge in [-0.1, -0.05) is 199 Å². The van der Waals surface area contributed by atoms with E-state index in [1.165, 1.54) is 161 Å². The normalized spacial score (nSPS) is 13.2. The Balaban J connectivity index is 3.61. The fraction of sp³-hybridized carbons (Fsp3) is 0.878. The van der Waals surface area contributed by atoms with Gasteiger partial charge in [0.05, 0.1) is 18.8 Å². The van der Waals surface area contributed by atoms with Gasteiger partial charge in [0.2, 0.25) is 5.91 Å². The molecule has 0 saturated heterocycles. The van der Waals surface area contributed by atoms with Crippen molar-refractivity contribution >= 4 is 5.91 Å². The first-order valence-electron chi connectivity index (χ1n) is 20.1. The molecule has 266 valence electrons. The molecule has 0 spiro atoms. The molecule has 0 aromatic carbocycles. The van der Waals surface area contributed by atoms with Crippen LogP contribution in [0, 0.1) is 0 Å². The molecule has 1 amide bonds. The summed E-state index contributed by atoms with van der Waals surface area (Å²) in [5.41, 5.74) is 0. The van der Waals surface area contributed by atoms with Crippen LogP contribution < -0.4 is 5.32 Å². The van der Waals surface area contributed by atoms with Crippen LogP contribution in [0.4, 0.5) is 0 Å². The second kappa shape index (κ2) is 37.3. The summed E-state index contributed by atoms with van der Waals surface area (Å²) in [5, 5.41) is 22.9. The number of amides is 1. The third-order valence-corrected chi connectivity index (χ3v) is 9.19. The molecular formula is C41H79NO3. The fourth-order valence-corrected chi connectivity index (χ4v) is 6.08. The van der Waals surface area contributed by atoms with Crippen LogP contribution in [-0.4, -0.2) is 34.9 Å². The van der Waals surface area contributed by atoms with Gasteiger partial charge in [-0.3, -0.25) is 4.79 Å². The SMILES string of the molecule is CCCCCCCCCCCC/C=C/CC/C=C/C(O)C(CO)NC(=O)CCCCCCCCCCCCCCCCCCC. The molecule has 0 saturated carbocycles. The molecule has 3 N–H and O–H groups in total. The van der Waals surface area contributed by atoms with Crippen molar-refractivity contribution in [1.29, 1.82) is 0 Å². The highest BCUT2D eigenvalue weighted by molar-refractivity contribution is 5.76. The van der Waals surface area contributed by atoms with Crippen molar-refractivity contribution in [3.05, 3.63) is 24.3 Å². The Labute approximate surface area is 281 Å². The van der Waals surface area contributed by atoms with E-state index in [4.69, 9.17) is 0 Å².